The number of hydrogen-bond donors (Lipinski definition) is 1. The van der Waals surface area contributed by atoms with Gasteiger partial charge in [-0.2, -0.15) is 0 Å². The van der Waals surface area contributed by atoms with E-state index in [-0.39, 0.29) is 5.91 Å². The maximum atomic E-state index is 11.9. The molecule has 0 heterocycles. The Bertz CT molecular complexity index is 511. The number of rotatable bonds is 3. The van der Waals surface area contributed by atoms with Gasteiger partial charge in [-0.1, -0.05) is 49.0 Å². The predicted octanol–water partition coefficient (Wildman–Crippen LogP) is 3.64. The fourth-order valence-corrected chi connectivity index (χ4v) is 1.80. The van der Waals surface area contributed by atoms with Crippen molar-refractivity contribution in [3.63, 3.8) is 0 Å². The summed E-state index contributed by atoms with van der Waals surface area (Å²) in [5.74, 6) is 0.382. The highest BCUT2D eigenvalue weighted by molar-refractivity contribution is 7.79. The van der Waals surface area contributed by atoms with Crippen LogP contribution >= 0.6 is 12.6 Å². The monoisotopic (exact) mass is 242 g/mol. The minimum Gasteiger partial charge on any atom is -0.322 e. The molecule has 0 unspecified atom stereocenters. The quantitative estimate of drug-likeness (QED) is 0.874. The van der Waals surface area contributed by atoms with Crippen molar-refractivity contribution in [3.05, 3.63) is 65.7 Å². The Morgan fingerprint density at radius 3 is 2.35 bits per heavy atom. The second-order valence-corrected chi connectivity index (χ2v) is 3.91. The molecule has 2 aromatic carbocycles. The first-order valence-corrected chi connectivity index (χ1v) is 5.91. The van der Waals surface area contributed by atoms with Crippen LogP contribution in [0.2, 0.25) is 0 Å². The van der Waals surface area contributed by atoms with Crippen molar-refractivity contribution in [2.75, 3.05) is 5.32 Å². The number of amides is 1. The zero-order valence-corrected chi connectivity index (χ0v) is 10.0. The van der Waals surface area contributed by atoms with E-state index < -0.39 is 0 Å². The Kier molecular flexibility index (Phi) is 3.83. The summed E-state index contributed by atoms with van der Waals surface area (Å²) in [6, 6.07) is 16.7. The second kappa shape index (κ2) is 5.55. The molecule has 2 aromatic rings. The van der Waals surface area contributed by atoms with Crippen LogP contribution in [0.3, 0.4) is 0 Å². The van der Waals surface area contributed by atoms with Gasteiger partial charge in [0.15, 0.2) is 0 Å². The molecule has 0 fully saturated rings. The van der Waals surface area contributed by atoms with E-state index in [0.717, 1.165) is 11.3 Å². The van der Waals surface area contributed by atoms with Crippen LogP contribution in [0.15, 0.2) is 54.6 Å². The first-order chi connectivity index (χ1) is 8.31. The Labute approximate surface area is 106 Å². The van der Waals surface area contributed by atoms with Gasteiger partial charge in [-0.05, 0) is 23.8 Å². The molecule has 0 bridgehead atoms. The Morgan fingerprint density at radius 1 is 1.00 bits per heavy atom. The van der Waals surface area contributed by atoms with Gasteiger partial charge in [-0.15, -0.1) is 0 Å². The standard InChI is InChI=1S/C14H12NOS/c16-14(11-6-2-1-3-7-11)15-13-9-5-4-8-12(13)10-17/h1-9H,10H2,(H,15,16). The average molecular weight is 242 g/mol. The topological polar surface area (TPSA) is 29.1 Å². The smallest absolute Gasteiger partial charge is 0.255 e. The van der Waals surface area contributed by atoms with Crippen LogP contribution in [0.4, 0.5) is 5.69 Å². The Balaban J connectivity index is 2.19. The van der Waals surface area contributed by atoms with Crippen LogP contribution in [-0.4, -0.2) is 5.91 Å². The van der Waals surface area contributed by atoms with E-state index in [1.165, 1.54) is 0 Å². The zero-order valence-electron chi connectivity index (χ0n) is 9.22. The fourth-order valence-electron chi connectivity index (χ4n) is 1.55. The molecule has 2 rings (SSSR count). The molecule has 17 heavy (non-hydrogen) atoms. The molecule has 0 aliphatic rings. The highest BCUT2D eigenvalue weighted by Gasteiger charge is 2.07. The molecular weight excluding hydrogens is 230 g/mol. The Hall–Kier alpha value is -1.74. The van der Waals surface area contributed by atoms with E-state index in [1.807, 2.05) is 42.5 Å². The highest BCUT2D eigenvalue weighted by atomic mass is 32.1. The molecule has 0 aliphatic carbocycles. The number of benzene rings is 2. The van der Waals surface area contributed by atoms with Gasteiger partial charge in [-0.25, -0.2) is 0 Å². The molecule has 0 atom stereocenters. The SMILES string of the molecule is O=C(Nc1ccccc1C[S])c1ccccc1. The zero-order chi connectivity index (χ0) is 12.1. The maximum absolute atomic E-state index is 11.9. The lowest BCUT2D eigenvalue weighted by Crippen LogP contribution is -2.12. The van der Waals surface area contributed by atoms with Crippen molar-refractivity contribution in [2.24, 2.45) is 0 Å². The molecular formula is C14H12NOS. The van der Waals surface area contributed by atoms with Crippen molar-refractivity contribution in [2.45, 2.75) is 5.75 Å². The van der Waals surface area contributed by atoms with Crippen LogP contribution in [0.1, 0.15) is 15.9 Å². The van der Waals surface area contributed by atoms with Crippen LogP contribution in [0.25, 0.3) is 0 Å². The van der Waals surface area contributed by atoms with Crippen LogP contribution in [0.5, 0.6) is 0 Å². The molecule has 1 N–H and O–H groups in total. The Morgan fingerprint density at radius 2 is 1.65 bits per heavy atom. The summed E-state index contributed by atoms with van der Waals surface area (Å²) < 4.78 is 0. The third-order valence-corrected chi connectivity index (χ3v) is 2.77. The minimum atomic E-state index is -0.110. The van der Waals surface area contributed by atoms with Crippen LogP contribution in [0, 0.1) is 0 Å². The lowest BCUT2D eigenvalue weighted by Gasteiger charge is -2.08. The van der Waals surface area contributed by atoms with E-state index in [4.69, 9.17) is 12.6 Å². The number of carbonyl (C=O) groups excluding carboxylic acids is 1. The number of nitrogens with one attached hydrogen (secondary N) is 1. The summed E-state index contributed by atoms with van der Waals surface area (Å²) in [6.45, 7) is 0. The van der Waals surface area contributed by atoms with Crippen LogP contribution in [-0.2, 0) is 5.75 Å². The molecule has 0 aromatic heterocycles. The van der Waals surface area contributed by atoms with Crippen molar-refractivity contribution in [3.8, 4) is 0 Å². The normalized spacial score (nSPS) is 9.94. The lowest BCUT2D eigenvalue weighted by atomic mass is 10.1. The summed E-state index contributed by atoms with van der Waals surface area (Å²) in [7, 11) is 0. The minimum absolute atomic E-state index is 0.110. The summed E-state index contributed by atoms with van der Waals surface area (Å²) >= 11 is 5.02. The third kappa shape index (κ3) is 2.88. The van der Waals surface area contributed by atoms with Crippen molar-refractivity contribution in [1.29, 1.82) is 0 Å². The molecule has 2 nitrogen and oxygen atoms in total. The van der Waals surface area contributed by atoms with Gasteiger partial charge in [-0.3, -0.25) is 4.79 Å². The average Bonchev–Trinajstić information content (AvgIpc) is 2.40. The fraction of sp³-hybridized carbons (Fsp3) is 0.0714. The maximum Gasteiger partial charge on any atom is 0.255 e. The lowest BCUT2D eigenvalue weighted by molar-refractivity contribution is 0.102. The van der Waals surface area contributed by atoms with Gasteiger partial charge in [0, 0.05) is 17.0 Å². The summed E-state index contributed by atoms with van der Waals surface area (Å²) in [4.78, 5) is 11.9. The summed E-state index contributed by atoms with van der Waals surface area (Å²) in [5, 5.41) is 2.87. The number of hydrogen-bond acceptors (Lipinski definition) is 1. The van der Waals surface area contributed by atoms with E-state index in [1.54, 1.807) is 12.1 Å². The largest absolute Gasteiger partial charge is 0.322 e. The predicted molar refractivity (Wildman–Crippen MR) is 72.1 cm³/mol. The van der Waals surface area contributed by atoms with Gasteiger partial charge in [0.1, 0.15) is 0 Å². The van der Waals surface area contributed by atoms with Crippen molar-refractivity contribution >= 4 is 24.2 Å². The first-order valence-electron chi connectivity index (χ1n) is 5.33. The molecule has 0 saturated heterocycles. The van der Waals surface area contributed by atoms with Gasteiger partial charge >= 0.3 is 0 Å². The molecule has 0 aliphatic heterocycles. The van der Waals surface area contributed by atoms with E-state index in [9.17, 15) is 4.79 Å². The molecule has 0 saturated carbocycles. The molecule has 1 radical (unpaired) electrons. The highest BCUT2D eigenvalue weighted by Crippen LogP contribution is 2.17. The molecule has 3 heteroatoms. The number of para-hydroxylation sites is 1. The third-order valence-electron chi connectivity index (χ3n) is 2.46. The first kappa shape index (κ1) is 11.7. The number of carbonyl (C=O) groups is 1. The van der Waals surface area contributed by atoms with Gasteiger partial charge in [0.2, 0.25) is 0 Å². The molecule has 85 valence electrons. The van der Waals surface area contributed by atoms with E-state index in [0.29, 0.717) is 11.3 Å². The summed E-state index contributed by atoms with van der Waals surface area (Å²) in [5.41, 5.74) is 2.40. The van der Waals surface area contributed by atoms with Crippen molar-refractivity contribution in [1.82, 2.24) is 0 Å². The van der Waals surface area contributed by atoms with Gasteiger partial charge in [0.25, 0.3) is 5.91 Å². The van der Waals surface area contributed by atoms with Crippen LogP contribution < -0.4 is 5.32 Å². The molecule has 0 spiro atoms. The van der Waals surface area contributed by atoms with E-state index in [2.05, 4.69) is 5.32 Å². The summed E-state index contributed by atoms with van der Waals surface area (Å²) in [6.07, 6.45) is 0. The van der Waals surface area contributed by atoms with Gasteiger partial charge in [0.05, 0.1) is 0 Å². The van der Waals surface area contributed by atoms with Crippen molar-refractivity contribution < 1.29 is 4.79 Å². The van der Waals surface area contributed by atoms with Gasteiger partial charge < -0.3 is 5.32 Å². The van der Waals surface area contributed by atoms with E-state index >= 15 is 0 Å². The molecule has 1 amide bonds. The number of anilines is 1. The second-order valence-electron chi connectivity index (χ2n) is 3.62.